The predicted molar refractivity (Wildman–Crippen MR) is 122 cm³/mol. The highest BCUT2D eigenvalue weighted by atomic mass is 16.7. The topological polar surface area (TPSA) is 74.7 Å². The molecule has 1 aliphatic rings. The molecule has 0 bridgehead atoms. The quantitative estimate of drug-likeness (QED) is 0.610. The molecule has 1 saturated heterocycles. The summed E-state index contributed by atoms with van der Waals surface area (Å²) in [6, 6.07) is 13.6. The second kappa shape index (κ2) is 8.02. The number of para-hydroxylation sites is 1. The molecule has 1 fully saturated rings. The molecule has 0 aliphatic carbocycles. The summed E-state index contributed by atoms with van der Waals surface area (Å²) in [7, 11) is 2.65. The zero-order chi connectivity index (χ0) is 22.2. The first kappa shape index (κ1) is 21.4. The van der Waals surface area contributed by atoms with Gasteiger partial charge in [0, 0.05) is 23.6 Å². The maximum Gasteiger partial charge on any atom is 0.534 e. The minimum absolute atomic E-state index is 0.462. The van der Waals surface area contributed by atoms with Gasteiger partial charge >= 0.3 is 7.12 Å². The van der Waals surface area contributed by atoms with Crippen LogP contribution in [0.5, 0.6) is 11.5 Å². The first-order valence-corrected chi connectivity index (χ1v) is 10.3. The van der Waals surface area contributed by atoms with E-state index >= 15 is 0 Å². The van der Waals surface area contributed by atoms with Crippen molar-refractivity contribution in [3.63, 3.8) is 0 Å². The van der Waals surface area contributed by atoms with Gasteiger partial charge in [-0.1, -0.05) is 12.1 Å². The molecule has 0 atom stereocenters. The highest BCUT2D eigenvalue weighted by molar-refractivity contribution is 6.60. The summed E-state index contributed by atoms with van der Waals surface area (Å²) >= 11 is 0. The average Bonchev–Trinajstić information content (AvgIpc) is 2.98. The molecule has 1 aromatic heterocycles. The number of fused-ring (bicyclic) bond motifs is 1. The molecule has 0 spiro atoms. The van der Waals surface area contributed by atoms with Crippen molar-refractivity contribution in [2.45, 2.75) is 45.4 Å². The van der Waals surface area contributed by atoms with Gasteiger partial charge in [-0.25, -0.2) is 9.97 Å². The van der Waals surface area contributed by atoms with Gasteiger partial charge in [0.1, 0.15) is 17.3 Å². The van der Waals surface area contributed by atoms with Crippen molar-refractivity contribution >= 4 is 29.6 Å². The lowest BCUT2D eigenvalue weighted by Gasteiger charge is -2.32. The lowest BCUT2D eigenvalue weighted by Crippen LogP contribution is -2.41. The molecule has 3 aromatic rings. The molecule has 31 heavy (non-hydrogen) atoms. The molecule has 2 heterocycles. The number of anilines is 1. The molecule has 0 radical (unpaired) electrons. The standard InChI is InChI=1S/C23H28BN3O4/c1-22(2)23(3,4)31-24(30-22)21-26-18-10-8-7-9-17(18)20(27-21)25-14-15-11-12-16(28-5)13-19(15)29-6/h7-13H,14H2,1-6H3,(H,25,26,27). The van der Waals surface area contributed by atoms with Crippen molar-refractivity contribution in [3.05, 3.63) is 48.0 Å². The van der Waals surface area contributed by atoms with Gasteiger partial charge in [0.05, 0.1) is 30.9 Å². The number of ether oxygens (including phenoxy) is 2. The molecule has 7 nitrogen and oxygen atoms in total. The summed E-state index contributed by atoms with van der Waals surface area (Å²) in [4.78, 5) is 9.50. The van der Waals surface area contributed by atoms with Crippen LogP contribution in [0.1, 0.15) is 33.3 Å². The Kier molecular flexibility index (Phi) is 5.53. The van der Waals surface area contributed by atoms with E-state index in [0.29, 0.717) is 18.1 Å². The van der Waals surface area contributed by atoms with E-state index in [4.69, 9.17) is 28.8 Å². The Balaban J connectivity index is 1.67. The predicted octanol–water partition coefficient (Wildman–Crippen LogP) is 3.56. The second-order valence-electron chi connectivity index (χ2n) is 8.57. The minimum atomic E-state index is -0.634. The molecular weight excluding hydrogens is 393 g/mol. The zero-order valence-corrected chi connectivity index (χ0v) is 18.9. The van der Waals surface area contributed by atoms with Crippen LogP contribution >= 0.6 is 0 Å². The Morgan fingerprint density at radius 3 is 2.32 bits per heavy atom. The number of hydrogen-bond acceptors (Lipinski definition) is 7. The molecule has 0 amide bonds. The fraction of sp³-hybridized carbons (Fsp3) is 0.391. The SMILES string of the molecule is COc1ccc(CNc2nc(B3OC(C)(C)C(C)(C)O3)nc3ccccc23)c(OC)c1. The van der Waals surface area contributed by atoms with Crippen LogP contribution in [-0.4, -0.2) is 42.5 Å². The summed E-state index contributed by atoms with van der Waals surface area (Å²) in [5.41, 5.74) is 1.39. The van der Waals surface area contributed by atoms with Crippen LogP contribution in [0.4, 0.5) is 5.82 Å². The van der Waals surface area contributed by atoms with Crippen LogP contribution in [0.3, 0.4) is 0 Å². The monoisotopic (exact) mass is 421 g/mol. The van der Waals surface area contributed by atoms with E-state index in [1.807, 2.05) is 70.2 Å². The first-order chi connectivity index (χ1) is 14.7. The number of hydrogen-bond donors (Lipinski definition) is 1. The van der Waals surface area contributed by atoms with Crippen LogP contribution in [-0.2, 0) is 15.9 Å². The lowest BCUT2D eigenvalue weighted by atomic mass is 9.88. The van der Waals surface area contributed by atoms with E-state index in [0.717, 1.165) is 28.0 Å². The third-order valence-electron chi connectivity index (χ3n) is 6.03. The molecule has 4 rings (SSSR count). The van der Waals surface area contributed by atoms with Crippen LogP contribution in [0.25, 0.3) is 10.9 Å². The normalized spacial score (nSPS) is 17.0. The average molecular weight is 421 g/mol. The smallest absolute Gasteiger partial charge is 0.497 e. The Morgan fingerprint density at radius 2 is 1.65 bits per heavy atom. The number of aromatic nitrogens is 2. The van der Waals surface area contributed by atoms with Crippen molar-refractivity contribution in [1.82, 2.24) is 9.97 Å². The highest BCUT2D eigenvalue weighted by Crippen LogP contribution is 2.36. The van der Waals surface area contributed by atoms with E-state index in [-0.39, 0.29) is 0 Å². The number of benzene rings is 2. The molecule has 8 heteroatoms. The maximum absolute atomic E-state index is 6.17. The van der Waals surface area contributed by atoms with E-state index in [2.05, 4.69) is 5.32 Å². The van der Waals surface area contributed by atoms with Crippen LogP contribution in [0.2, 0.25) is 0 Å². The molecular formula is C23H28BN3O4. The van der Waals surface area contributed by atoms with Crippen molar-refractivity contribution < 1.29 is 18.8 Å². The fourth-order valence-electron chi connectivity index (χ4n) is 3.46. The van der Waals surface area contributed by atoms with Gasteiger partial charge in [-0.15, -0.1) is 0 Å². The summed E-state index contributed by atoms with van der Waals surface area (Å²) in [6.45, 7) is 8.59. The largest absolute Gasteiger partial charge is 0.534 e. The van der Waals surface area contributed by atoms with E-state index in [9.17, 15) is 0 Å². The first-order valence-electron chi connectivity index (χ1n) is 10.3. The van der Waals surface area contributed by atoms with Gasteiger partial charge in [0.15, 0.2) is 5.72 Å². The number of nitrogens with zero attached hydrogens (tertiary/aromatic N) is 2. The summed E-state index contributed by atoms with van der Waals surface area (Å²) in [6.07, 6.45) is 0. The Morgan fingerprint density at radius 1 is 0.935 bits per heavy atom. The zero-order valence-electron chi connectivity index (χ0n) is 18.9. The van der Waals surface area contributed by atoms with Gasteiger partial charge in [0.2, 0.25) is 0 Å². The molecule has 162 valence electrons. The van der Waals surface area contributed by atoms with Crippen molar-refractivity contribution in [3.8, 4) is 11.5 Å². The van der Waals surface area contributed by atoms with Crippen LogP contribution < -0.4 is 20.5 Å². The highest BCUT2D eigenvalue weighted by Gasteiger charge is 2.53. The van der Waals surface area contributed by atoms with Crippen LogP contribution in [0, 0.1) is 0 Å². The van der Waals surface area contributed by atoms with Crippen molar-refractivity contribution in [1.29, 1.82) is 0 Å². The Bertz CT molecular complexity index is 1090. The van der Waals surface area contributed by atoms with Crippen LogP contribution in [0.15, 0.2) is 42.5 Å². The van der Waals surface area contributed by atoms with Gasteiger partial charge < -0.3 is 24.1 Å². The van der Waals surface area contributed by atoms with Gasteiger partial charge in [-0.2, -0.15) is 0 Å². The Labute approximate surface area is 183 Å². The molecule has 2 aromatic carbocycles. The summed E-state index contributed by atoms with van der Waals surface area (Å²) < 4.78 is 23.2. The Hall–Kier alpha value is -2.84. The van der Waals surface area contributed by atoms with Gasteiger partial charge in [0.25, 0.3) is 0 Å². The van der Waals surface area contributed by atoms with Gasteiger partial charge in [-0.05, 0) is 52.0 Å². The maximum atomic E-state index is 6.17. The number of methoxy groups -OCH3 is 2. The third-order valence-corrected chi connectivity index (χ3v) is 6.03. The summed E-state index contributed by atoms with van der Waals surface area (Å²) in [5.74, 6) is 2.21. The van der Waals surface area contributed by atoms with Gasteiger partial charge in [-0.3, -0.25) is 0 Å². The second-order valence-corrected chi connectivity index (χ2v) is 8.57. The third kappa shape index (κ3) is 4.05. The summed E-state index contributed by atoms with van der Waals surface area (Å²) in [5, 5.41) is 4.36. The van der Waals surface area contributed by atoms with Crippen molar-refractivity contribution in [2.24, 2.45) is 0 Å². The molecule has 1 aliphatic heterocycles. The number of nitrogens with one attached hydrogen (secondary N) is 1. The van der Waals surface area contributed by atoms with E-state index in [1.165, 1.54) is 0 Å². The lowest BCUT2D eigenvalue weighted by molar-refractivity contribution is 0.00578. The molecule has 0 unspecified atom stereocenters. The van der Waals surface area contributed by atoms with E-state index < -0.39 is 18.3 Å². The minimum Gasteiger partial charge on any atom is -0.497 e. The fourth-order valence-corrected chi connectivity index (χ4v) is 3.46. The molecule has 1 N–H and O–H groups in total. The molecule has 0 saturated carbocycles. The number of rotatable bonds is 6. The van der Waals surface area contributed by atoms with Crippen molar-refractivity contribution in [2.75, 3.05) is 19.5 Å². The van der Waals surface area contributed by atoms with E-state index in [1.54, 1.807) is 14.2 Å².